The third-order valence-corrected chi connectivity index (χ3v) is 10.2. The molecule has 1 saturated carbocycles. The Labute approximate surface area is 269 Å². The molecule has 2 bridgehead atoms. The van der Waals surface area contributed by atoms with Crippen molar-refractivity contribution in [3.63, 3.8) is 0 Å². The maximum atomic E-state index is 14.5. The van der Waals surface area contributed by atoms with Crippen molar-refractivity contribution < 1.29 is 28.7 Å². The van der Waals surface area contributed by atoms with Crippen LogP contribution in [0.15, 0.2) is 91.0 Å². The van der Waals surface area contributed by atoms with Crippen molar-refractivity contribution in [2.75, 3.05) is 23.0 Å². The normalized spacial score (nSPS) is 27.7. The lowest BCUT2D eigenvalue weighted by molar-refractivity contribution is -0.140. The molecule has 4 atom stereocenters. The van der Waals surface area contributed by atoms with Gasteiger partial charge in [-0.2, -0.15) is 0 Å². The second kappa shape index (κ2) is 11.9. The number of ether oxygens (including phenoxy) is 2. The van der Waals surface area contributed by atoms with Gasteiger partial charge in [0, 0.05) is 11.3 Å². The van der Waals surface area contributed by atoms with Gasteiger partial charge in [-0.1, -0.05) is 69.2 Å². The van der Waals surface area contributed by atoms with Crippen molar-refractivity contribution in [1.82, 2.24) is 0 Å². The minimum Gasteiger partial charge on any atom is -0.494 e. The second-order valence-corrected chi connectivity index (χ2v) is 12.7. The smallest absolute Gasteiger partial charge is 0.238 e. The molecule has 2 heterocycles. The molecule has 3 aromatic carbocycles. The quantitative estimate of drug-likeness (QED) is 0.147. The molecule has 2 saturated heterocycles. The van der Waals surface area contributed by atoms with Gasteiger partial charge in [0.1, 0.15) is 11.5 Å². The van der Waals surface area contributed by atoms with Gasteiger partial charge >= 0.3 is 0 Å². The van der Waals surface area contributed by atoms with Gasteiger partial charge in [-0.05, 0) is 66.9 Å². The van der Waals surface area contributed by atoms with Gasteiger partial charge in [-0.15, -0.1) is 0 Å². The SMILES string of the molecule is CCCCOc1ccc(N2C(=O)[C@H]3C4C=CC(c5ccccc5)([C@H]3C2=O)[C@H]2C(=O)N(c3ccc(OCCCC)cc3)C(=O)[C@@H]42)cc1. The first-order valence-corrected chi connectivity index (χ1v) is 16.4. The number of carbonyl (C=O) groups is 4. The van der Waals surface area contributed by atoms with E-state index in [1.54, 1.807) is 48.5 Å². The minimum atomic E-state index is -1.17. The largest absolute Gasteiger partial charge is 0.494 e. The van der Waals surface area contributed by atoms with Gasteiger partial charge in [0.05, 0.1) is 48.3 Å². The molecule has 3 aliphatic carbocycles. The molecule has 2 aliphatic heterocycles. The predicted molar refractivity (Wildman–Crippen MR) is 173 cm³/mol. The van der Waals surface area contributed by atoms with Crippen molar-refractivity contribution in [3.05, 3.63) is 96.6 Å². The summed E-state index contributed by atoms with van der Waals surface area (Å²) in [6.07, 6.45) is 7.74. The fraction of sp³-hybridized carbons (Fsp3) is 0.368. The number of hydrogen-bond donors (Lipinski definition) is 0. The summed E-state index contributed by atoms with van der Waals surface area (Å²) in [6, 6.07) is 23.4. The summed E-state index contributed by atoms with van der Waals surface area (Å²) in [6.45, 7) is 5.37. The number of unbranched alkanes of at least 4 members (excludes halogenated alkanes) is 2. The van der Waals surface area contributed by atoms with Crippen LogP contribution in [0.4, 0.5) is 11.4 Å². The lowest BCUT2D eigenvalue weighted by Gasteiger charge is -2.53. The summed E-state index contributed by atoms with van der Waals surface area (Å²) in [4.78, 5) is 60.1. The summed E-state index contributed by atoms with van der Waals surface area (Å²) in [7, 11) is 0. The van der Waals surface area contributed by atoms with E-state index in [4.69, 9.17) is 9.47 Å². The molecule has 0 radical (unpaired) electrons. The molecule has 8 nitrogen and oxygen atoms in total. The zero-order valence-corrected chi connectivity index (χ0v) is 26.1. The zero-order chi connectivity index (χ0) is 32.0. The molecule has 3 fully saturated rings. The molecule has 8 heteroatoms. The first-order valence-electron chi connectivity index (χ1n) is 16.4. The fourth-order valence-corrected chi connectivity index (χ4v) is 8.04. The Morgan fingerprint density at radius 1 is 0.609 bits per heavy atom. The van der Waals surface area contributed by atoms with E-state index in [9.17, 15) is 19.2 Å². The van der Waals surface area contributed by atoms with Crippen molar-refractivity contribution in [2.24, 2.45) is 29.6 Å². The summed E-state index contributed by atoms with van der Waals surface area (Å²) in [5, 5.41) is 0. The van der Waals surface area contributed by atoms with Crippen LogP contribution < -0.4 is 19.3 Å². The van der Waals surface area contributed by atoms with E-state index in [1.165, 1.54) is 9.80 Å². The Bertz CT molecular complexity index is 1580. The summed E-state index contributed by atoms with van der Waals surface area (Å²) in [5.74, 6) is -3.82. The summed E-state index contributed by atoms with van der Waals surface area (Å²) in [5.41, 5.74) is 0.501. The van der Waals surface area contributed by atoms with Gasteiger partial charge < -0.3 is 9.47 Å². The van der Waals surface area contributed by atoms with E-state index in [-0.39, 0.29) is 23.6 Å². The van der Waals surface area contributed by atoms with Crippen LogP contribution in [0, 0.1) is 29.6 Å². The highest BCUT2D eigenvalue weighted by Crippen LogP contribution is 2.65. The van der Waals surface area contributed by atoms with Gasteiger partial charge in [0.2, 0.25) is 23.6 Å². The number of rotatable bonds is 11. The van der Waals surface area contributed by atoms with Crippen molar-refractivity contribution in [1.29, 1.82) is 0 Å². The van der Waals surface area contributed by atoms with Gasteiger partial charge in [-0.3, -0.25) is 19.2 Å². The number of imide groups is 2. The summed E-state index contributed by atoms with van der Waals surface area (Å²) >= 11 is 0. The van der Waals surface area contributed by atoms with E-state index < -0.39 is 35.0 Å². The molecule has 4 amide bonds. The number of allylic oxidation sites excluding steroid dienone is 2. The highest BCUT2D eigenvalue weighted by molar-refractivity contribution is 6.27. The molecule has 0 N–H and O–H groups in total. The lowest BCUT2D eigenvalue weighted by atomic mass is 9.45. The average molecular weight is 619 g/mol. The Hall–Kier alpha value is -4.72. The Kier molecular flexibility index (Phi) is 7.75. The van der Waals surface area contributed by atoms with Crippen LogP contribution in [0.5, 0.6) is 11.5 Å². The minimum absolute atomic E-state index is 0.338. The Morgan fingerprint density at radius 2 is 1.07 bits per heavy atom. The first kappa shape index (κ1) is 30.0. The van der Waals surface area contributed by atoms with Crippen LogP contribution in [0.25, 0.3) is 0 Å². The molecule has 0 spiro atoms. The van der Waals surface area contributed by atoms with Crippen molar-refractivity contribution in [2.45, 2.75) is 44.9 Å². The number of benzene rings is 3. The van der Waals surface area contributed by atoms with E-state index in [0.717, 1.165) is 31.2 Å². The van der Waals surface area contributed by atoms with E-state index in [1.807, 2.05) is 42.5 Å². The predicted octanol–water partition coefficient (Wildman–Crippen LogP) is 6.09. The number of carbonyl (C=O) groups excluding carboxylic acids is 4. The van der Waals surface area contributed by atoms with Gasteiger partial charge in [-0.25, -0.2) is 9.80 Å². The number of hydrogen-bond acceptors (Lipinski definition) is 6. The monoisotopic (exact) mass is 618 g/mol. The molecule has 3 aromatic rings. The Balaban J connectivity index is 1.26. The first-order chi connectivity index (χ1) is 22.4. The number of amides is 4. The third kappa shape index (κ3) is 4.49. The van der Waals surface area contributed by atoms with Crippen molar-refractivity contribution >= 4 is 35.0 Å². The molecular formula is C38H38N2O6. The molecule has 8 rings (SSSR count). The number of anilines is 2. The lowest BCUT2D eigenvalue weighted by Crippen LogP contribution is -2.60. The van der Waals surface area contributed by atoms with Crippen LogP contribution in [0.3, 0.4) is 0 Å². The maximum absolute atomic E-state index is 14.5. The standard InChI is InChI=1S/C38H38N2O6/c1-3-5-22-45-27-16-12-25(13-17-27)39-34(41)30-29-20-21-38(32(30)36(39)43,24-10-8-7-9-11-24)33-31(29)35(42)40(37(33)44)26-14-18-28(19-15-26)46-23-6-4-2/h7-21,29-33H,3-6,22-23H2,1-2H3/t29?,30-,31-,32+,33+,38?/m0/s1. The van der Waals surface area contributed by atoms with Crippen LogP contribution in [-0.2, 0) is 24.6 Å². The molecule has 5 aliphatic rings. The Morgan fingerprint density at radius 3 is 1.50 bits per heavy atom. The van der Waals surface area contributed by atoms with Crippen LogP contribution in [0.2, 0.25) is 0 Å². The van der Waals surface area contributed by atoms with E-state index in [0.29, 0.717) is 36.1 Å². The highest BCUT2D eigenvalue weighted by Gasteiger charge is 2.75. The molecule has 236 valence electrons. The summed E-state index contributed by atoms with van der Waals surface area (Å²) < 4.78 is 11.6. The maximum Gasteiger partial charge on any atom is 0.238 e. The molecule has 46 heavy (non-hydrogen) atoms. The van der Waals surface area contributed by atoms with Crippen LogP contribution >= 0.6 is 0 Å². The molecule has 0 aromatic heterocycles. The van der Waals surface area contributed by atoms with E-state index >= 15 is 0 Å². The topological polar surface area (TPSA) is 93.2 Å². The zero-order valence-electron chi connectivity index (χ0n) is 26.1. The van der Waals surface area contributed by atoms with Crippen LogP contribution in [-0.4, -0.2) is 36.8 Å². The van der Waals surface area contributed by atoms with Gasteiger partial charge in [0.25, 0.3) is 0 Å². The molecule has 0 unspecified atom stereocenters. The van der Waals surface area contributed by atoms with E-state index in [2.05, 4.69) is 13.8 Å². The van der Waals surface area contributed by atoms with Crippen LogP contribution in [0.1, 0.15) is 45.1 Å². The fourth-order valence-electron chi connectivity index (χ4n) is 8.04. The highest BCUT2D eigenvalue weighted by atomic mass is 16.5. The number of nitrogens with zero attached hydrogens (tertiary/aromatic N) is 2. The van der Waals surface area contributed by atoms with Gasteiger partial charge in [0.15, 0.2) is 0 Å². The average Bonchev–Trinajstić information content (AvgIpc) is 3.53. The second-order valence-electron chi connectivity index (χ2n) is 12.7. The molecular weight excluding hydrogens is 580 g/mol. The van der Waals surface area contributed by atoms with Crippen molar-refractivity contribution in [3.8, 4) is 11.5 Å². The third-order valence-electron chi connectivity index (χ3n) is 10.2.